The van der Waals surface area contributed by atoms with Crippen molar-refractivity contribution in [3.63, 3.8) is 0 Å². The summed E-state index contributed by atoms with van der Waals surface area (Å²) in [7, 11) is 0. The normalized spacial score (nSPS) is 13.3. The predicted molar refractivity (Wildman–Crippen MR) is 71.9 cm³/mol. The van der Waals surface area contributed by atoms with Gasteiger partial charge in [-0.15, -0.1) is 0 Å². The molecule has 0 spiro atoms. The Kier molecular flexibility index (Phi) is 4.46. The Labute approximate surface area is 127 Å². The second-order valence-corrected chi connectivity index (χ2v) is 5.15. The summed E-state index contributed by atoms with van der Waals surface area (Å²) in [5.74, 6) is -1.46. The van der Waals surface area contributed by atoms with Gasteiger partial charge >= 0.3 is 6.18 Å². The van der Waals surface area contributed by atoms with Crippen molar-refractivity contribution < 1.29 is 22.7 Å². The molecule has 0 aromatic heterocycles. The van der Waals surface area contributed by atoms with E-state index in [0.717, 1.165) is 6.07 Å². The highest BCUT2D eigenvalue weighted by molar-refractivity contribution is 6.33. The Bertz CT molecular complexity index is 671. The first-order chi connectivity index (χ1) is 9.70. The fraction of sp³-hybridized carbons (Fsp3) is 0.143. The third-order valence-electron chi connectivity index (χ3n) is 2.87. The zero-order valence-electron chi connectivity index (χ0n) is 10.3. The molecule has 0 saturated carbocycles. The van der Waals surface area contributed by atoms with Gasteiger partial charge in [0.2, 0.25) is 0 Å². The van der Waals surface area contributed by atoms with Gasteiger partial charge in [-0.2, -0.15) is 13.2 Å². The fourth-order valence-corrected chi connectivity index (χ4v) is 2.24. The van der Waals surface area contributed by atoms with E-state index in [9.17, 15) is 22.7 Å². The number of hydrogen-bond donors (Lipinski definition) is 1. The highest BCUT2D eigenvalue weighted by Crippen LogP contribution is 2.35. The molecule has 0 heterocycles. The van der Waals surface area contributed by atoms with Crippen LogP contribution >= 0.6 is 23.2 Å². The lowest BCUT2D eigenvalue weighted by molar-refractivity contribution is -0.140. The number of aliphatic hydroxyl groups is 1. The van der Waals surface area contributed by atoms with Crippen molar-refractivity contribution >= 4 is 23.2 Å². The molecule has 7 heteroatoms. The van der Waals surface area contributed by atoms with Crippen LogP contribution in [0.3, 0.4) is 0 Å². The minimum atomic E-state index is -4.79. The van der Waals surface area contributed by atoms with Crippen LogP contribution in [-0.4, -0.2) is 5.11 Å². The molecule has 1 N–H and O–H groups in total. The largest absolute Gasteiger partial charge is 0.419 e. The van der Waals surface area contributed by atoms with Crippen LogP contribution in [0.4, 0.5) is 17.6 Å². The minimum Gasteiger partial charge on any atom is -0.384 e. The third-order valence-corrected chi connectivity index (χ3v) is 3.45. The van der Waals surface area contributed by atoms with Gasteiger partial charge in [-0.1, -0.05) is 29.3 Å². The van der Waals surface area contributed by atoms with Gasteiger partial charge in [0.05, 0.1) is 5.56 Å². The van der Waals surface area contributed by atoms with Crippen LogP contribution in [0.15, 0.2) is 36.4 Å². The fourth-order valence-electron chi connectivity index (χ4n) is 1.84. The first-order valence-corrected chi connectivity index (χ1v) is 6.45. The molecule has 2 rings (SSSR count). The molecule has 0 radical (unpaired) electrons. The van der Waals surface area contributed by atoms with Gasteiger partial charge in [0.25, 0.3) is 0 Å². The Hall–Kier alpha value is -1.30. The standard InChI is InChI=1S/C14H8Cl2F4O/c15-8-2-4-11(16)9(6-8)13(21)7-1-3-10(12(17)5-7)14(18,19)20/h1-6,13,21H. The lowest BCUT2D eigenvalue weighted by Crippen LogP contribution is -2.09. The van der Waals surface area contributed by atoms with Crippen molar-refractivity contribution in [2.45, 2.75) is 12.3 Å². The van der Waals surface area contributed by atoms with E-state index >= 15 is 0 Å². The topological polar surface area (TPSA) is 20.2 Å². The lowest BCUT2D eigenvalue weighted by atomic mass is 10.00. The summed E-state index contributed by atoms with van der Waals surface area (Å²) in [6.07, 6.45) is -6.17. The number of aliphatic hydroxyl groups excluding tert-OH is 1. The van der Waals surface area contributed by atoms with Crippen LogP contribution in [0.5, 0.6) is 0 Å². The molecule has 1 unspecified atom stereocenters. The maximum Gasteiger partial charge on any atom is 0.419 e. The SMILES string of the molecule is OC(c1ccc(C(F)(F)F)c(F)c1)c1cc(Cl)ccc1Cl. The average molecular weight is 339 g/mol. The molecule has 1 nitrogen and oxygen atoms in total. The quantitative estimate of drug-likeness (QED) is 0.743. The summed E-state index contributed by atoms with van der Waals surface area (Å²) in [5.41, 5.74) is -1.26. The molecule has 112 valence electrons. The van der Waals surface area contributed by atoms with Crippen LogP contribution < -0.4 is 0 Å². The van der Waals surface area contributed by atoms with E-state index in [2.05, 4.69) is 0 Å². The zero-order chi connectivity index (χ0) is 15.8. The van der Waals surface area contributed by atoms with E-state index in [1.807, 2.05) is 0 Å². The first-order valence-electron chi connectivity index (χ1n) is 5.70. The molecular weight excluding hydrogens is 331 g/mol. The van der Waals surface area contributed by atoms with E-state index in [4.69, 9.17) is 23.2 Å². The van der Waals surface area contributed by atoms with Gasteiger partial charge in [-0.05, 0) is 35.9 Å². The van der Waals surface area contributed by atoms with Crippen LogP contribution in [0, 0.1) is 5.82 Å². The van der Waals surface area contributed by atoms with Gasteiger partial charge in [-0.3, -0.25) is 0 Å². The van der Waals surface area contributed by atoms with Crippen molar-refractivity contribution in [1.29, 1.82) is 0 Å². The van der Waals surface area contributed by atoms with Crippen molar-refractivity contribution in [3.8, 4) is 0 Å². The summed E-state index contributed by atoms with van der Waals surface area (Å²) in [4.78, 5) is 0. The summed E-state index contributed by atoms with van der Waals surface area (Å²) in [5, 5.41) is 10.6. The van der Waals surface area contributed by atoms with E-state index in [1.54, 1.807) is 0 Å². The number of alkyl halides is 3. The average Bonchev–Trinajstić information content (AvgIpc) is 2.39. The molecule has 0 aliphatic heterocycles. The molecule has 21 heavy (non-hydrogen) atoms. The molecule has 2 aromatic rings. The van der Waals surface area contributed by atoms with Crippen LogP contribution in [0.2, 0.25) is 10.0 Å². The van der Waals surface area contributed by atoms with Gasteiger partial charge in [0, 0.05) is 15.6 Å². The number of benzene rings is 2. The van der Waals surface area contributed by atoms with Crippen LogP contribution in [-0.2, 0) is 6.18 Å². The number of halogens is 6. The molecule has 0 saturated heterocycles. The van der Waals surface area contributed by atoms with Crippen molar-refractivity contribution in [2.24, 2.45) is 0 Å². The smallest absolute Gasteiger partial charge is 0.384 e. The molecule has 1 atom stereocenters. The first kappa shape index (κ1) is 16.1. The van der Waals surface area contributed by atoms with Gasteiger partial charge in [0.15, 0.2) is 0 Å². The maximum absolute atomic E-state index is 13.5. The minimum absolute atomic E-state index is 0.0512. The lowest BCUT2D eigenvalue weighted by Gasteiger charge is -2.15. The second kappa shape index (κ2) is 5.83. The predicted octanol–water partition coefficient (Wildman–Crippen LogP) is 5.23. The summed E-state index contributed by atoms with van der Waals surface area (Å²) in [6.45, 7) is 0. The molecular formula is C14H8Cl2F4O. The maximum atomic E-state index is 13.5. The van der Waals surface area contributed by atoms with Gasteiger partial charge in [-0.25, -0.2) is 4.39 Å². The van der Waals surface area contributed by atoms with Crippen LogP contribution in [0.25, 0.3) is 0 Å². The number of rotatable bonds is 2. The highest BCUT2D eigenvalue weighted by atomic mass is 35.5. The third kappa shape index (κ3) is 3.48. The Morgan fingerprint density at radius 1 is 1.00 bits per heavy atom. The Morgan fingerprint density at radius 2 is 1.67 bits per heavy atom. The molecule has 0 amide bonds. The van der Waals surface area contributed by atoms with E-state index in [1.165, 1.54) is 18.2 Å². The number of hydrogen-bond acceptors (Lipinski definition) is 1. The molecule has 0 aliphatic rings. The Morgan fingerprint density at radius 3 is 2.24 bits per heavy atom. The molecule has 0 bridgehead atoms. The summed E-state index contributed by atoms with van der Waals surface area (Å²) >= 11 is 11.7. The van der Waals surface area contributed by atoms with E-state index in [0.29, 0.717) is 17.2 Å². The monoisotopic (exact) mass is 338 g/mol. The summed E-state index contributed by atoms with van der Waals surface area (Å²) < 4.78 is 51.0. The zero-order valence-corrected chi connectivity index (χ0v) is 11.8. The van der Waals surface area contributed by atoms with E-state index < -0.39 is 23.7 Å². The second-order valence-electron chi connectivity index (χ2n) is 4.31. The van der Waals surface area contributed by atoms with Gasteiger partial charge in [0.1, 0.15) is 11.9 Å². The van der Waals surface area contributed by atoms with Crippen LogP contribution in [0.1, 0.15) is 22.8 Å². The Balaban J connectivity index is 2.43. The molecule has 2 aromatic carbocycles. The summed E-state index contributed by atoms with van der Waals surface area (Å²) in [6, 6.07) is 6.49. The van der Waals surface area contributed by atoms with E-state index in [-0.39, 0.29) is 16.1 Å². The molecule has 0 fully saturated rings. The van der Waals surface area contributed by atoms with Crippen molar-refractivity contribution in [3.05, 3.63) is 69.0 Å². The van der Waals surface area contributed by atoms with Gasteiger partial charge < -0.3 is 5.11 Å². The van der Waals surface area contributed by atoms with Crippen molar-refractivity contribution in [1.82, 2.24) is 0 Å². The highest BCUT2D eigenvalue weighted by Gasteiger charge is 2.34. The molecule has 0 aliphatic carbocycles. The van der Waals surface area contributed by atoms with Crippen molar-refractivity contribution in [2.75, 3.05) is 0 Å².